The average Bonchev–Trinajstić information content (AvgIpc) is 2.90. The van der Waals surface area contributed by atoms with Gasteiger partial charge in [-0.2, -0.15) is 0 Å². The Kier molecular flexibility index (Phi) is 4.88. The molecule has 1 heterocycles. The minimum Gasteiger partial charge on any atom is -0.497 e. The molecule has 1 N–H and O–H groups in total. The Morgan fingerprint density at radius 1 is 1.04 bits per heavy atom. The highest BCUT2D eigenvalue weighted by Gasteiger charge is 2.39. The molecule has 0 spiro atoms. The van der Waals surface area contributed by atoms with Crippen LogP contribution in [0.25, 0.3) is 0 Å². The molecule has 1 saturated heterocycles. The van der Waals surface area contributed by atoms with Crippen LogP contribution in [-0.4, -0.2) is 31.6 Å². The van der Waals surface area contributed by atoms with Crippen LogP contribution < -0.4 is 19.7 Å². The van der Waals surface area contributed by atoms with E-state index < -0.39 is 6.04 Å². The second-order valence-corrected chi connectivity index (χ2v) is 5.62. The van der Waals surface area contributed by atoms with Gasteiger partial charge in [-0.15, -0.1) is 0 Å². The van der Waals surface area contributed by atoms with E-state index in [-0.39, 0.29) is 18.2 Å². The van der Waals surface area contributed by atoms with E-state index in [2.05, 4.69) is 5.32 Å². The first-order valence-electron chi connectivity index (χ1n) is 8.12. The van der Waals surface area contributed by atoms with Crippen molar-refractivity contribution in [2.75, 3.05) is 23.9 Å². The van der Waals surface area contributed by atoms with Crippen LogP contribution >= 0.6 is 0 Å². The molecule has 0 radical (unpaired) electrons. The molecule has 1 atom stereocenters. The Labute approximate surface area is 146 Å². The van der Waals surface area contributed by atoms with Crippen molar-refractivity contribution in [3.05, 3.63) is 48.5 Å². The summed E-state index contributed by atoms with van der Waals surface area (Å²) in [4.78, 5) is 26.2. The number of anilines is 2. The fourth-order valence-corrected chi connectivity index (χ4v) is 2.76. The third-order valence-electron chi connectivity index (χ3n) is 3.98. The van der Waals surface area contributed by atoms with Gasteiger partial charge in [0, 0.05) is 5.69 Å². The summed E-state index contributed by atoms with van der Waals surface area (Å²) in [6, 6.07) is 13.6. The molecule has 2 amide bonds. The Morgan fingerprint density at radius 2 is 1.68 bits per heavy atom. The van der Waals surface area contributed by atoms with Crippen molar-refractivity contribution in [1.82, 2.24) is 0 Å². The second kappa shape index (κ2) is 7.25. The number of nitrogens with zero attached hydrogens (tertiary/aromatic N) is 1. The molecular weight excluding hydrogens is 320 g/mol. The molecule has 0 unspecified atom stereocenters. The van der Waals surface area contributed by atoms with Crippen molar-refractivity contribution in [2.24, 2.45) is 0 Å². The summed E-state index contributed by atoms with van der Waals surface area (Å²) >= 11 is 0. The molecule has 0 aliphatic carbocycles. The van der Waals surface area contributed by atoms with Crippen molar-refractivity contribution in [2.45, 2.75) is 19.4 Å². The van der Waals surface area contributed by atoms with Gasteiger partial charge in [-0.25, -0.2) is 4.90 Å². The molecular formula is C19H20N2O4. The summed E-state index contributed by atoms with van der Waals surface area (Å²) < 4.78 is 10.5. The highest BCUT2D eigenvalue weighted by molar-refractivity contribution is 6.23. The van der Waals surface area contributed by atoms with Crippen LogP contribution in [0.15, 0.2) is 48.5 Å². The molecule has 1 aliphatic heterocycles. The number of hydrogen-bond donors (Lipinski definition) is 1. The minimum atomic E-state index is -0.576. The van der Waals surface area contributed by atoms with Crippen molar-refractivity contribution in [3.8, 4) is 11.5 Å². The van der Waals surface area contributed by atoms with Crippen molar-refractivity contribution >= 4 is 23.2 Å². The number of nitrogens with one attached hydrogen (secondary N) is 1. The van der Waals surface area contributed by atoms with Gasteiger partial charge in [0.15, 0.2) is 0 Å². The maximum absolute atomic E-state index is 12.6. The molecule has 3 rings (SSSR count). The highest BCUT2D eigenvalue weighted by Crippen LogP contribution is 2.27. The Balaban J connectivity index is 1.72. The number of methoxy groups -OCH3 is 1. The maximum atomic E-state index is 12.6. The van der Waals surface area contributed by atoms with E-state index in [1.54, 1.807) is 43.5 Å². The Bertz CT molecular complexity index is 756. The van der Waals surface area contributed by atoms with Gasteiger partial charge < -0.3 is 14.8 Å². The summed E-state index contributed by atoms with van der Waals surface area (Å²) in [7, 11) is 1.59. The molecule has 25 heavy (non-hydrogen) atoms. The first kappa shape index (κ1) is 16.8. The van der Waals surface area contributed by atoms with Crippen molar-refractivity contribution in [1.29, 1.82) is 0 Å². The van der Waals surface area contributed by atoms with Crippen LogP contribution in [-0.2, 0) is 9.59 Å². The van der Waals surface area contributed by atoms with Gasteiger partial charge >= 0.3 is 0 Å². The summed E-state index contributed by atoms with van der Waals surface area (Å²) in [5.41, 5.74) is 1.32. The molecule has 0 aromatic heterocycles. The van der Waals surface area contributed by atoms with Crippen LogP contribution in [0.1, 0.15) is 13.3 Å². The lowest BCUT2D eigenvalue weighted by Crippen LogP contribution is -2.34. The number of carbonyl (C=O) groups is 2. The zero-order valence-corrected chi connectivity index (χ0v) is 14.2. The van der Waals surface area contributed by atoms with Crippen LogP contribution in [0.2, 0.25) is 0 Å². The third-order valence-corrected chi connectivity index (χ3v) is 3.98. The minimum absolute atomic E-state index is 0.123. The largest absolute Gasteiger partial charge is 0.497 e. The number of rotatable bonds is 6. The number of ether oxygens (including phenoxy) is 2. The average molecular weight is 340 g/mol. The van der Waals surface area contributed by atoms with Gasteiger partial charge in [-0.1, -0.05) is 0 Å². The molecule has 0 bridgehead atoms. The van der Waals surface area contributed by atoms with Gasteiger partial charge in [-0.3, -0.25) is 9.59 Å². The lowest BCUT2D eigenvalue weighted by atomic mass is 10.2. The van der Waals surface area contributed by atoms with E-state index in [0.29, 0.717) is 18.0 Å². The number of carbonyl (C=O) groups excluding carboxylic acids is 2. The normalized spacial score (nSPS) is 16.9. The van der Waals surface area contributed by atoms with Gasteiger partial charge in [0.05, 0.1) is 25.8 Å². The molecule has 1 aliphatic rings. The monoisotopic (exact) mass is 340 g/mol. The van der Waals surface area contributed by atoms with E-state index in [0.717, 1.165) is 11.4 Å². The highest BCUT2D eigenvalue weighted by atomic mass is 16.5. The predicted molar refractivity (Wildman–Crippen MR) is 95.1 cm³/mol. The van der Waals surface area contributed by atoms with Crippen molar-refractivity contribution < 1.29 is 19.1 Å². The van der Waals surface area contributed by atoms with Gasteiger partial charge in [-0.05, 0) is 55.5 Å². The fourth-order valence-electron chi connectivity index (χ4n) is 2.76. The lowest BCUT2D eigenvalue weighted by Gasteiger charge is -2.16. The molecule has 130 valence electrons. The number of hydrogen-bond acceptors (Lipinski definition) is 5. The van der Waals surface area contributed by atoms with E-state index in [1.807, 2.05) is 19.1 Å². The van der Waals surface area contributed by atoms with Gasteiger partial charge in [0.1, 0.15) is 17.5 Å². The molecule has 2 aromatic carbocycles. The molecule has 6 heteroatoms. The van der Waals surface area contributed by atoms with Crippen LogP contribution in [0, 0.1) is 0 Å². The molecule has 6 nitrogen and oxygen atoms in total. The zero-order valence-electron chi connectivity index (χ0n) is 14.2. The first-order valence-corrected chi connectivity index (χ1v) is 8.12. The fraction of sp³-hybridized carbons (Fsp3) is 0.263. The summed E-state index contributed by atoms with van der Waals surface area (Å²) in [5.74, 6) is 0.957. The maximum Gasteiger partial charge on any atom is 0.256 e. The molecule has 0 saturated carbocycles. The number of imide groups is 1. The summed E-state index contributed by atoms with van der Waals surface area (Å²) in [5, 5.41) is 3.11. The third kappa shape index (κ3) is 3.57. The standard InChI is InChI=1S/C19H20N2O4/c1-3-25-16-10-6-14(7-11-16)21-18(22)12-17(19(21)23)20-13-4-8-15(24-2)9-5-13/h4-11,17,20H,3,12H2,1-2H3/t17-/m1/s1. The number of benzene rings is 2. The first-order chi connectivity index (χ1) is 12.1. The topological polar surface area (TPSA) is 67.9 Å². The Morgan fingerprint density at radius 3 is 2.28 bits per heavy atom. The van der Waals surface area contributed by atoms with Crippen molar-refractivity contribution in [3.63, 3.8) is 0 Å². The quantitative estimate of drug-likeness (QED) is 0.819. The molecule has 2 aromatic rings. The van der Waals surface area contributed by atoms with E-state index in [1.165, 1.54) is 4.90 Å². The van der Waals surface area contributed by atoms with Crippen LogP contribution in [0.4, 0.5) is 11.4 Å². The number of amides is 2. The molecule has 1 fully saturated rings. The van der Waals surface area contributed by atoms with E-state index >= 15 is 0 Å². The zero-order chi connectivity index (χ0) is 17.8. The van der Waals surface area contributed by atoms with Crippen LogP contribution in [0.5, 0.6) is 11.5 Å². The van der Waals surface area contributed by atoms with E-state index in [9.17, 15) is 9.59 Å². The Hall–Kier alpha value is -3.02. The van der Waals surface area contributed by atoms with E-state index in [4.69, 9.17) is 9.47 Å². The summed E-state index contributed by atoms with van der Waals surface area (Å²) in [6.07, 6.45) is 0.123. The van der Waals surface area contributed by atoms with Gasteiger partial charge in [0.2, 0.25) is 5.91 Å². The SMILES string of the molecule is CCOc1ccc(N2C(=O)C[C@@H](Nc3ccc(OC)cc3)C2=O)cc1. The van der Waals surface area contributed by atoms with Crippen LogP contribution in [0.3, 0.4) is 0 Å². The smallest absolute Gasteiger partial charge is 0.256 e. The van der Waals surface area contributed by atoms with Gasteiger partial charge in [0.25, 0.3) is 5.91 Å². The lowest BCUT2D eigenvalue weighted by molar-refractivity contribution is -0.121. The second-order valence-electron chi connectivity index (χ2n) is 5.62. The predicted octanol–water partition coefficient (Wildman–Crippen LogP) is 2.84. The summed E-state index contributed by atoms with van der Waals surface area (Å²) in [6.45, 7) is 2.46.